The number of hydrogen-bond acceptors (Lipinski definition) is 7. The van der Waals surface area contributed by atoms with Crippen molar-refractivity contribution < 1.29 is 0 Å². The molecule has 0 fully saturated rings. The number of hydrogen-bond donors (Lipinski definition) is 4. The van der Waals surface area contributed by atoms with Crippen LogP contribution in [0.2, 0.25) is 0 Å². The first kappa shape index (κ1) is 16.9. The zero-order chi connectivity index (χ0) is 19.6. The lowest BCUT2D eigenvalue weighted by molar-refractivity contribution is 0.994. The number of aromatic nitrogens is 5. The third kappa shape index (κ3) is 3.51. The molecule has 0 atom stereocenters. The minimum Gasteiger partial charge on any atom is -0.368 e. The number of nitrogens with zero attached hydrogens (tertiary/aromatic N) is 4. The van der Waals surface area contributed by atoms with Crippen LogP contribution in [0.3, 0.4) is 0 Å². The van der Waals surface area contributed by atoms with Crippen LogP contribution in [0.5, 0.6) is 0 Å². The maximum absolute atomic E-state index is 5.91. The van der Waals surface area contributed by atoms with Gasteiger partial charge in [-0.05, 0) is 23.6 Å². The molecule has 0 aliphatic carbocycles. The average molecular weight is 382 g/mol. The van der Waals surface area contributed by atoms with Crippen LogP contribution in [-0.4, -0.2) is 24.9 Å². The molecule has 142 valence electrons. The lowest BCUT2D eigenvalue weighted by Gasteiger charge is -2.10. The lowest BCUT2D eigenvalue weighted by atomic mass is 10.1. The van der Waals surface area contributed by atoms with Crippen LogP contribution in [0.15, 0.2) is 66.9 Å². The molecule has 0 aliphatic heterocycles. The van der Waals surface area contributed by atoms with Crippen LogP contribution in [0.1, 0.15) is 5.82 Å². The Bertz CT molecular complexity index is 1270. The number of imidazole rings is 1. The van der Waals surface area contributed by atoms with Gasteiger partial charge in [-0.15, -0.1) is 0 Å². The van der Waals surface area contributed by atoms with E-state index >= 15 is 0 Å². The summed E-state index contributed by atoms with van der Waals surface area (Å²) in [5.41, 5.74) is 7.83. The number of pyridine rings is 1. The third-order valence-corrected chi connectivity index (χ3v) is 4.54. The van der Waals surface area contributed by atoms with E-state index in [4.69, 9.17) is 5.73 Å². The molecule has 0 saturated heterocycles. The van der Waals surface area contributed by atoms with E-state index in [1.165, 1.54) is 0 Å². The molecule has 0 radical (unpaired) electrons. The van der Waals surface area contributed by atoms with Crippen molar-refractivity contribution in [1.29, 1.82) is 0 Å². The first-order valence-electron chi connectivity index (χ1n) is 9.17. The zero-order valence-corrected chi connectivity index (χ0v) is 15.4. The first-order valence-corrected chi connectivity index (χ1v) is 9.17. The number of aromatic amines is 1. The van der Waals surface area contributed by atoms with E-state index in [-0.39, 0.29) is 5.95 Å². The Labute approximate surface area is 166 Å². The molecule has 3 heterocycles. The molecule has 5 N–H and O–H groups in total. The van der Waals surface area contributed by atoms with Crippen molar-refractivity contribution in [3.63, 3.8) is 0 Å². The summed E-state index contributed by atoms with van der Waals surface area (Å²) in [4.78, 5) is 20.8. The van der Waals surface area contributed by atoms with Gasteiger partial charge in [-0.1, -0.05) is 36.4 Å². The highest BCUT2D eigenvalue weighted by atomic mass is 15.1. The fourth-order valence-corrected chi connectivity index (χ4v) is 3.22. The van der Waals surface area contributed by atoms with Crippen molar-refractivity contribution in [2.75, 3.05) is 16.4 Å². The smallest absolute Gasteiger partial charge is 0.223 e. The Hall–Kier alpha value is -4.20. The van der Waals surface area contributed by atoms with Gasteiger partial charge in [0, 0.05) is 17.6 Å². The van der Waals surface area contributed by atoms with Crippen LogP contribution in [0, 0.1) is 0 Å². The zero-order valence-electron chi connectivity index (χ0n) is 15.4. The maximum atomic E-state index is 5.91. The van der Waals surface area contributed by atoms with Gasteiger partial charge < -0.3 is 21.4 Å². The minimum atomic E-state index is 0.169. The Morgan fingerprint density at radius 1 is 0.897 bits per heavy atom. The fraction of sp³-hybridized carbons (Fsp3) is 0.0476. The molecule has 0 amide bonds. The Morgan fingerprint density at radius 3 is 2.66 bits per heavy atom. The highest BCUT2D eigenvalue weighted by Gasteiger charge is 2.08. The van der Waals surface area contributed by atoms with Gasteiger partial charge >= 0.3 is 0 Å². The topological polar surface area (TPSA) is 117 Å². The molecular formula is C21H18N8. The van der Waals surface area contributed by atoms with Gasteiger partial charge in [-0.2, -0.15) is 9.97 Å². The second-order valence-corrected chi connectivity index (χ2v) is 6.56. The lowest BCUT2D eigenvalue weighted by Crippen LogP contribution is -2.07. The first-order chi connectivity index (χ1) is 14.2. The number of nitrogens with one attached hydrogen (secondary N) is 3. The van der Waals surface area contributed by atoms with Gasteiger partial charge in [0.05, 0.1) is 17.6 Å². The molecule has 8 nitrogen and oxygen atoms in total. The van der Waals surface area contributed by atoms with Crippen molar-refractivity contribution >= 4 is 45.2 Å². The van der Waals surface area contributed by atoms with Gasteiger partial charge in [-0.25, -0.2) is 9.97 Å². The number of fused-ring (bicyclic) bond motifs is 2. The van der Waals surface area contributed by atoms with E-state index in [9.17, 15) is 0 Å². The third-order valence-electron chi connectivity index (χ3n) is 4.54. The largest absolute Gasteiger partial charge is 0.368 e. The van der Waals surface area contributed by atoms with Crippen LogP contribution in [0.4, 0.5) is 23.4 Å². The van der Waals surface area contributed by atoms with E-state index in [2.05, 4.69) is 35.6 Å². The predicted octanol–water partition coefficient (Wildman–Crippen LogP) is 3.84. The Morgan fingerprint density at radius 2 is 1.72 bits per heavy atom. The molecule has 5 aromatic rings. The van der Waals surface area contributed by atoms with Crippen LogP contribution in [-0.2, 0) is 6.54 Å². The number of anilines is 4. The number of nitrogens with two attached hydrogens (primary N) is 1. The summed E-state index contributed by atoms with van der Waals surface area (Å²) in [5.74, 6) is 2.86. The Balaban J connectivity index is 1.38. The second-order valence-electron chi connectivity index (χ2n) is 6.56. The van der Waals surface area contributed by atoms with E-state index in [0.29, 0.717) is 24.0 Å². The summed E-state index contributed by atoms with van der Waals surface area (Å²) in [6, 6.07) is 19.7. The summed E-state index contributed by atoms with van der Waals surface area (Å²) in [7, 11) is 0. The average Bonchev–Trinajstić information content (AvgIpc) is 3.15. The van der Waals surface area contributed by atoms with Crippen molar-refractivity contribution in [1.82, 2.24) is 24.9 Å². The van der Waals surface area contributed by atoms with E-state index in [1.54, 1.807) is 12.3 Å². The molecule has 8 heteroatoms. The normalized spacial score (nSPS) is 11.0. The maximum Gasteiger partial charge on any atom is 0.223 e. The van der Waals surface area contributed by atoms with Gasteiger partial charge in [0.25, 0.3) is 0 Å². The molecule has 2 aromatic carbocycles. The molecule has 5 rings (SSSR count). The molecule has 0 bridgehead atoms. The van der Waals surface area contributed by atoms with Crippen molar-refractivity contribution in [2.45, 2.75) is 6.54 Å². The summed E-state index contributed by atoms with van der Waals surface area (Å²) in [6.07, 6.45) is 1.76. The molecule has 0 spiro atoms. The fourth-order valence-electron chi connectivity index (χ4n) is 3.22. The predicted molar refractivity (Wildman–Crippen MR) is 115 cm³/mol. The molecule has 0 unspecified atom stereocenters. The van der Waals surface area contributed by atoms with Gasteiger partial charge in [0.15, 0.2) is 0 Å². The van der Waals surface area contributed by atoms with Gasteiger partial charge in [-0.3, -0.25) is 0 Å². The molecular weight excluding hydrogens is 364 g/mol. The van der Waals surface area contributed by atoms with Crippen LogP contribution in [0.25, 0.3) is 21.8 Å². The number of rotatable bonds is 5. The van der Waals surface area contributed by atoms with Crippen molar-refractivity contribution in [3.05, 3.63) is 72.7 Å². The van der Waals surface area contributed by atoms with Gasteiger partial charge in [0.1, 0.15) is 23.3 Å². The monoisotopic (exact) mass is 382 g/mol. The number of benzene rings is 2. The number of nitrogen functional groups attached to an aromatic ring is 1. The second kappa shape index (κ2) is 7.08. The molecule has 0 saturated carbocycles. The van der Waals surface area contributed by atoms with Crippen LogP contribution < -0.4 is 16.4 Å². The summed E-state index contributed by atoms with van der Waals surface area (Å²) >= 11 is 0. The number of H-pyrrole nitrogens is 1. The Kier molecular flexibility index (Phi) is 4.14. The van der Waals surface area contributed by atoms with E-state index < -0.39 is 0 Å². The molecule has 29 heavy (non-hydrogen) atoms. The summed E-state index contributed by atoms with van der Waals surface area (Å²) < 4.78 is 0. The van der Waals surface area contributed by atoms with E-state index in [1.807, 2.05) is 54.6 Å². The molecule has 0 aliphatic rings. The van der Waals surface area contributed by atoms with Crippen molar-refractivity contribution in [3.8, 4) is 0 Å². The quantitative estimate of drug-likeness (QED) is 0.365. The SMILES string of the molecule is Nc1nc(NCc2nc3ccccc3[nH]2)cc(Nc2nccc3ccccc23)n1. The van der Waals surface area contributed by atoms with E-state index in [0.717, 1.165) is 27.6 Å². The van der Waals surface area contributed by atoms with Crippen LogP contribution >= 0.6 is 0 Å². The summed E-state index contributed by atoms with van der Waals surface area (Å²) in [5, 5.41) is 8.58. The van der Waals surface area contributed by atoms with Gasteiger partial charge in [0.2, 0.25) is 5.95 Å². The highest BCUT2D eigenvalue weighted by Crippen LogP contribution is 2.24. The minimum absolute atomic E-state index is 0.169. The number of para-hydroxylation sites is 2. The highest BCUT2D eigenvalue weighted by molar-refractivity contribution is 5.93. The summed E-state index contributed by atoms with van der Waals surface area (Å²) in [6.45, 7) is 0.483. The standard InChI is InChI=1S/C21H18N8/c22-21-28-17(24-12-19-25-15-7-3-4-8-16(15)26-19)11-18(29-21)27-20-14-6-2-1-5-13(14)9-10-23-20/h1-11H,12H2,(H,25,26)(H4,22,23,24,27,28,29). The molecule has 3 aromatic heterocycles. The van der Waals surface area contributed by atoms with Crippen molar-refractivity contribution in [2.24, 2.45) is 0 Å².